The number of nitrogens with one attached hydrogen (secondary N) is 3. The van der Waals surface area contributed by atoms with Crippen LogP contribution in [0.5, 0.6) is 0 Å². The minimum atomic E-state index is -2.99. The molecule has 0 aliphatic rings. The number of carbonyl (C=O) groups is 1. The van der Waals surface area contributed by atoms with Crippen molar-refractivity contribution in [3.05, 3.63) is 23.9 Å². The van der Waals surface area contributed by atoms with Gasteiger partial charge in [-0.3, -0.25) is 9.79 Å². The number of hydrogen-bond donors (Lipinski definition) is 3. The summed E-state index contributed by atoms with van der Waals surface area (Å²) < 4.78 is 22.5. The van der Waals surface area contributed by atoms with Crippen LogP contribution in [0, 0.1) is 6.92 Å². The van der Waals surface area contributed by atoms with Crippen LogP contribution in [0.15, 0.2) is 23.2 Å². The topological polar surface area (TPSA) is 113 Å². The Morgan fingerprint density at radius 3 is 2.69 bits per heavy atom. The lowest BCUT2D eigenvalue weighted by atomic mass is 10.3. The summed E-state index contributed by atoms with van der Waals surface area (Å²) in [6.07, 6.45) is 1.94. The Morgan fingerprint density at radius 2 is 2.08 bits per heavy atom. The molecule has 0 aliphatic carbocycles. The number of rotatable bonds is 9. The molecule has 9 heteroatoms. The van der Waals surface area contributed by atoms with Crippen molar-refractivity contribution in [2.45, 2.75) is 39.7 Å². The second kappa shape index (κ2) is 10.7. The second-order valence-corrected chi connectivity index (χ2v) is 8.45. The molecule has 0 aromatic carbocycles. The maximum atomic E-state index is 12.0. The van der Waals surface area contributed by atoms with Gasteiger partial charge < -0.3 is 16.0 Å². The Hall–Kier alpha value is -2.16. The van der Waals surface area contributed by atoms with Crippen LogP contribution >= 0.6 is 0 Å². The Bertz CT molecular complexity index is 719. The lowest BCUT2D eigenvalue weighted by molar-refractivity contribution is -0.116. The predicted molar refractivity (Wildman–Crippen MR) is 105 cm³/mol. The Labute approximate surface area is 155 Å². The number of guanidine groups is 1. The standard InChI is InChI=1S/C17H29N5O3S/c1-5-18-17(21-14(3)10-12-26(4,24)25)19-11-9-16(23)22-15-8-6-7-13(2)20-15/h6-8,14H,5,9-12H2,1-4H3,(H2,18,19,21)(H,20,22,23). The first kappa shape index (κ1) is 21.9. The number of amides is 1. The summed E-state index contributed by atoms with van der Waals surface area (Å²) in [6, 6.07) is 5.39. The van der Waals surface area contributed by atoms with E-state index >= 15 is 0 Å². The first-order valence-corrected chi connectivity index (χ1v) is 10.7. The summed E-state index contributed by atoms with van der Waals surface area (Å²) in [5, 5.41) is 8.98. The fourth-order valence-electron chi connectivity index (χ4n) is 2.10. The minimum absolute atomic E-state index is 0.0483. The van der Waals surface area contributed by atoms with Gasteiger partial charge in [0, 0.05) is 31.0 Å². The van der Waals surface area contributed by atoms with E-state index in [9.17, 15) is 13.2 Å². The first-order valence-electron chi connectivity index (χ1n) is 8.65. The second-order valence-electron chi connectivity index (χ2n) is 6.19. The van der Waals surface area contributed by atoms with Crippen molar-refractivity contribution in [3.63, 3.8) is 0 Å². The predicted octanol–water partition coefficient (Wildman–Crippen LogP) is 1.10. The largest absolute Gasteiger partial charge is 0.357 e. The average Bonchev–Trinajstić information content (AvgIpc) is 2.52. The van der Waals surface area contributed by atoms with Crippen molar-refractivity contribution in [1.82, 2.24) is 15.6 Å². The zero-order valence-electron chi connectivity index (χ0n) is 15.9. The Kier molecular flexibility index (Phi) is 9.04. The summed E-state index contributed by atoms with van der Waals surface area (Å²) >= 11 is 0. The van der Waals surface area contributed by atoms with Crippen molar-refractivity contribution in [1.29, 1.82) is 0 Å². The normalized spacial score (nSPS) is 13.2. The van der Waals surface area contributed by atoms with Crippen LogP contribution in [0.25, 0.3) is 0 Å². The van der Waals surface area contributed by atoms with E-state index in [1.165, 1.54) is 6.26 Å². The number of anilines is 1. The van der Waals surface area contributed by atoms with E-state index in [1.54, 1.807) is 6.07 Å². The zero-order chi connectivity index (χ0) is 19.6. The molecule has 0 fully saturated rings. The average molecular weight is 384 g/mol. The highest BCUT2D eigenvalue weighted by molar-refractivity contribution is 7.90. The van der Waals surface area contributed by atoms with Crippen LogP contribution < -0.4 is 16.0 Å². The third kappa shape index (κ3) is 9.97. The van der Waals surface area contributed by atoms with E-state index in [2.05, 4.69) is 25.9 Å². The van der Waals surface area contributed by atoms with Gasteiger partial charge in [-0.25, -0.2) is 13.4 Å². The molecular formula is C17H29N5O3S. The monoisotopic (exact) mass is 383 g/mol. The number of carbonyl (C=O) groups excluding carboxylic acids is 1. The van der Waals surface area contributed by atoms with E-state index in [4.69, 9.17) is 0 Å². The fourth-order valence-corrected chi connectivity index (χ4v) is 2.89. The maximum Gasteiger partial charge on any atom is 0.227 e. The van der Waals surface area contributed by atoms with Gasteiger partial charge in [-0.2, -0.15) is 0 Å². The van der Waals surface area contributed by atoms with Gasteiger partial charge in [-0.15, -0.1) is 0 Å². The van der Waals surface area contributed by atoms with Crippen LogP contribution in [-0.4, -0.2) is 56.4 Å². The molecule has 1 atom stereocenters. The van der Waals surface area contributed by atoms with Crippen LogP contribution in [-0.2, 0) is 14.6 Å². The highest BCUT2D eigenvalue weighted by atomic mass is 32.2. The summed E-state index contributed by atoms with van der Waals surface area (Å²) in [5.41, 5.74) is 0.836. The third-order valence-electron chi connectivity index (χ3n) is 3.41. The molecular weight excluding hydrogens is 354 g/mol. The number of aliphatic imine (C=N–C) groups is 1. The lowest BCUT2D eigenvalue weighted by Crippen LogP contribution is -2.43. The Balaban J connectivity index is 2.48. The quantitative estimate of drug-likeness (QED) is 0.435. The summed E-state index contributed by atoms with van der Waals surface area (Å²) in [7, 11) is -2.99. The van der Waals surface area contributed by atoms with Crippen molar-refractivity contribution < 1.29 is 13.2 Å². The van der Waals surface area contributed by atoms with Crippen molar-refractivity contribution >= 4 is 27.5 Å². The first-order chi connectivity index (χ1) is 12.2. The molecule has 1 amide bonds. The summed E-state index contributed by atoms with van der Waals surface area (Å²) in [5.74, 6) is 1.05. The van der Waals surface area contributed by atoms with Crippen LogP contribution in [0.1, 0.15) is 32.4 Å². The van der Waals surface area contributed by atoms with Gasteiger partial charge in [-0.05, 0) is 39.3 Å². The lowest BCUT2D eigenvalue weighted by Gasteiger charge is -2.17. The SMILES string of the molecule is CCNC(=NCCC(=O)Nc1cccc(C)n1)NC(C)CCS(C)(=O)=O. The number of sulfone groups is 1. The number of aromatic nitrogens is 1. The minimum Gasteiger partial charge on any atom is -0.357 e. The van der Waals surface area contributed by atoms with Gasteiger partial charge in [-0.1, -0.05) is 6.07 Å². The van der Waals surface area contributed by atoms with Crippen LogP contribution in [0.3, 0.4) is 0 Å². The van der Waals surface area contributed by atoms with Gasteiger partial charge in [0.2, 0.25) is 5.91 Å². The molecule has 1 aromatic heterocycles. The smallest absolute Gasteiger partial charge is 0.227 e. The van der Waals surface area contributed by atoms with Crippen LogP contribution in [0.2, 0.25) is 0 Å². The van der Waals surface area contributed by atoms with E-state index in [1.807, 2.05) is 32.9 Å². The van der Waals surface area contributed by atoms with Gasteiger partial charge in [0.05, 0.1) is 12.3 Å². The molecule has 0 aliphatic heterocycles. The number of hydrogen-bond acceptors (Lipinski definition) is 5. The molecule has 8 nitrogen and oxygen atoms in total. The third-order valence-corrected chi connectivity index (χ3v) is 4.39. The molecule has 0 bridgehead atoms. The highest BCUT2D eigenvalue weighted by Gasteiger charge is 2.10. The van der Waals surface area contributed by atoms with Crippen molar-refractivity contribution in [2.24, 2.45) is 4.99 Å². The van der Waals surface area contributed by atoms with E-state index in [0.29, 0.717) is 31.3 Å². The Morgan fingerprint density at radius 1 is 1.35 bits per heavy atom. The molecule has 0 radical (unpaired) electrons. The fraction of sp³-hybridized carbons (Fsp3) is 0.588. The molecule has 1 heterocycles. The highest BCUT2D eigenvalue weighted by Crippen LogP contribution is 2.04. The molecule has 1 unspecified atom stereocenters. The molecule has 0 spiro atoms. The number of aryl methyl sites for hydroxylation is 1. The van der Waals surface area contributed by atoms with E-state index in [0.717, 1.165) is 5.69 Å². The number of pyridine rings is 1. The molecule has 3 N–H and O–H groups in total. The molecule has 1 rings (SSSR count). The van der Waals surface area contributed by atoms with Gasteiger partial charge in [0.15, 0.2) is 5.96 Å². The zero-order valence-corrected chi connectivity index (χ0v) is 16.7. The van der Waals surface area contributed by atoms with Gasteiger partial charge in [0.1, 0.15) is 15.7 Å². The molecule has 146 valence electrons. The number of nitrogens with zero attached hydrogens (tertiary/aromatic N) is 2. The van der Waals surface area contributed by atoms with Gasteiger partial charge in [0.25, 0.3) is 0 Å². The molecule has 26 heavy (non-hydrogen) atoms. The molecule has 0 saturated carbocycles. The van der Waals surface area contributed by atoms with E-state index in [-0.39, 0.29) is 24.1 Å². The van der Waals surface area contributed by atoms with Crippen LogP contribution in [0.4, 0.5) is 5.82 Å². The van der Waals surface area contributed by atoms with Gasteiger partial charge >= 0.3 is 0 Å². The summed E-state index contributed by atoms with van der Waals surface area (Å²) in [6.45, 7) is 6.68. The van der Waals surface area contributed by atoms with E-state index < -0.39 is 9.84 Å². The molecule has 0 saturated heterocycles. The van der Waals surface area contributed by atoms with Crippen molar-refractivity contribution in [2.75, 3.05) is 30.4 Å². The van der Waals surface area contributed by atoms with Crippen molar-refractivity contribution in [3.8, 4) is 0 Å². The summed E-state index contributed by atoms with van der Waals surface area (Å²) in [4.78, 5) is 20.6. The maximum absolute atomic E-state index is 12.0. The molecule has 1 aromatic rings.